The second kappa shape index (κ2) is 8.48. The van der Waals surface area contributed by atoms with Gasteiger partial charge in [0.25, 0.3) is 5.91 Å². The predicted molar refractivity (Wildman–Crippen MR) is 106 cm³/mol. The molecule has 0 aliphatic rings. The fraction of sp³-hybridized carbons (Fsp3) is 0.130. The quantitative estimate of drug-likeness (QED) is 0.638. The molecule has 5 heteroatoms. The molecule has 0 heterocycles. The number of esters is 1. The van der Waals surface area contributed by atoms with Crippen LogP contribution in [0.5, 0.6) is 0 Å². The SMILES string of the molecule is Cc1ccc(C)c(NC(=O)C(OC(=O)c2ccc(F)cc2)c2ccccc2)c1. The van der Waals surface area contributed by atoms with Gasteiger partial charge in [0.2, 0.25) is 6.10 Å². The summed E-state index contributed by atoms with van der Waals surface area (Å²) in [5, 5.41) is 2.84. The van der Waals surface area contributed by atoms with E-state index in [1.54, 1.807) is 24.3 Å². The fourth-order valence-electron chi connectivity index (χ4n) is 2.73. The van der Waals surface area contributed by atoms with Gasteiger partial charge >= 0.3 is 5.97 Å². The Morgan fingerprint density at radius 2 is 1.61 bits per heavy atom. The monoisotopic (exact) mass is 377 g/mol. The highest BCUT2D eigenvalue weighted by atomic mass is 19.1. The molecule has 1 amide bonds. The maximum atomic E-state index is 13.1. The summed E-state index contributed by atoms with van der Waals surface area (Å²) in [6.07, 6.45) is -1.14. The largest absolute Gasteiger partial charge is 0.444 e. The van der Waals surface area contributed by atoms with E-state index in [1.165, 1.54) is 24.3 Å². The first-order chi connectivity index (χ1) is 13.4. The summed E-state index contributed by atoms with van der Waals surface area (Å²) in [6.45, 7) is 3.81. The van der Waals surface area contributed by atoms with Crippen molar-refractivity contribution >= 4 is 17.6 Å². The summed E-state index contributed by atoms with van der Waals surface area (Å²) in [6, 6.07) is 19.5. The van der Waals surface area contributed by atoms with Crippen molar-refractivity contribution in [1.82, 2.24) is 0 Å². The third kappa shape index (κ3) is 4.62. The van der Waals surface area contributed by atoms with E-state index in [4.69, 9.17) is 4.74 Å². The van der Waals surface area contributed by atoms with Crippen LogP contribution in [0.2, 0.25) is 0 Å². The number of halogens is 1. The Bertz CT molecular complexity index is 984. The Hall–Kier alpha value is -3.47. The number of carbonyl (C=O) groups is 2. The Morgan fingerprint density at radius 3 is 2.29 bits per heavy atom. The van der Waals surface area contributed by atoms with E-state index in [0.717, 1.165) is 11.1 Å². The van der Waals surface area contributed by atoms with E-state index in [2.05, 4.69) is 5.32 Å². The van der Waals surface area contributed by atoms with Crippen molar-refractivity contribution in [2.45, 2.75) is 20.0 Å². The number of ether oxygens (including phenoxy) is 1. The molecule has 28 heavy (non-hydrogen) atoms. The van der Waals surface area contributed by atoms with Gasteiger partial charge in [0.15, 0.2) is 0 Å². The maximum Gasteiger partial charge on any atom is 0.339 e. The number of rotatable bonds is 5. The van der Waals surface area contributed by atoms with Gasteiger partial charge in [0, 0.05) is 11.3 Å². The molecule has 3 aromatic rings. The lowest BCUT2D eigenvalue weighted by Gasteiger charge is -2.19. The van der Waals surface area contributed by atoms with Crippen LogP contribution in [-0.2, 0) is 9.53 Å². The van der Waals surface area contributed by atoms with Gasteiger partial charge in [0.1, 0.15) is 5.82 Å². The van der Waals surface area contributed by atoms with Crippen LogP contribution in [0.4, 0.5) is 10.1 Å². The van der Waals surface area contributed by atoms with Crippen molar-refractivity contribution < 1.29 is 18.7 Å². The summed E-state index contributed by atoms with van der Waals surface area (Å²) in [4.78, 5) is 25.4. The number of hydrogen-bond acceptors (Lipinski definition) is 3. The Kier molecular flexibility index (Phi) is 5.84. The van der Waals surface area contributed by atoms with Gasteiger partial charge in [-0.1, -0.05) is 42.5 Å². The van der Waals surface area contributed by atoms with Gasteiger partial charge in [0.05, 0.1) is 5.56 Å². The van der Waals surface area contributed by atoms with Gasteiger partial charge in [-0.15, -0.1) is 0 Å². The van der Waals surface area contributed by atoms with Crippen LogP contribution >= 0.6 is 0 Å². The van der Waals surface area contributed by atoms with Gasteiger partial charge < -0.3 is 10.1 Å². The summed E-state index contributed by atoms with van der Waals surface area (Å²) in [7, 11) is 0. The number of carbonyl (C=O) groups excluding carboxylic acids is 2. The first-order valence-electron chi connectivity index (χ1n) is 8.83. The van der Waals surface area contributed by atoms with Crippen molar-refractivity contribution in [3.63, 3.8) is 0 Å². The topological polar surface area (TPSA) is 55.4 Å². The van der Waals surface area contributed by atoms with Crippen molar-refractivity contribution in [3.8, 4) is 0 Å². The molecule has 0 radical (unpaired) electrons. The average Bonchev–Trinajstić information content (AvgIpc) is 2.70. The van der Waals surface area contributed by atoms with Crippen molar-refractivity contribution in [1.29, 1.82) is 0 Å². The molecule has 1 N–H and O–H groups in total. The Labute approximate surface area is 163 Å². The van der Waals surface area contributed by atoms with Crippen LogP contribution < -0.4 is 5.32 Å². The summed E-state index contributed by atoms with van der Waals surface area (Å²) in [5.74, 6) is -1.62. The molecular weight excluding hydrogens is 357 g/mol. The van der Waals surface area contributed by atoms with E-state index in [1.807, 2.05) is 38.1 Å². The minimum Gasteiger partial charge on any atom is -0.444 e. The lowest BCUT2D eigenvalue weighted by Crippen LogP contribution is -2.26. The van der Waals surface area contributed by atoms with E-state index >= 15 is 0 Å². The van der Waals surface area contributed by atoms with Crippen molar-refractivity contribution in [2.75, 3.05) is 5.32 Å². The number of hydrogen-bond donors (Lipinski definition) is 1. The Balaban J connectivity index is 1.86. The van der Waals surface area contributed by atoms with Crippen LogP contribution in [0.15, 0.2) is 72.8 Å². The van der Waals surface area contributed by atoms with E-state index in [9.17, 15) is 14.0 Å². The maximum absolute atomic E-state index is 13.1. The Morgan fingerprint density at radius 1 is 0.929 bits per heavy atom. The van der Waals surface area contributed by atoms with E-state index in [-0.39, 0.29) is 5.56 Å². The zero-order valence-electron chi connectivity index (χ0n) is 15.6. The number of nitrogens with one attached hydrogen (secondary N) is 1. The first-order valence-corrected chi connectivity index (χ1v) is 8.83. The molecule has 1 atom stereocenters. The van der Waals surface area contributed by atoms with Gasteiger partial charge in [-0.05, 0) is 55.3 Å². The molecule has 0 spiro atoms. The standard InChI is InChI=1S/C23H20FNO3/c1-15-8-9-16(2)20(14-15)25-22(26)21(17-6-4-3-5-7-17)28-23(27)18-10-12-19(24)13-11-18/h3-14,21H,1-2H3,(H,25,26). The molecular formula is C23H20FNO3. The number of benzene rings is 3. The molecule has 0 saturated heterocycles. The third-order valence-electron chi connectivity index (χ3n) is 4.30. The van der Waals surface area contributed by atoms with E-state index < -0.39 is 23.8 Å². The van der Waals surface area contributed by atoms with Crippen LogP contribution in [0.3, 0.4) is 0 Å². The minimum absolute atomic E-state index is 0.168. The lowest BCUT2D eigenvalue weighted by atomic mass is 10.1. The van der Waals surface area contributed by atoms with Gasteiger partial charge in [-0.2, -0.15) is 0 Å². The third-order valence-corrected chi connectivity index (χ3v) is 4.30. The fourth-order valence-corrected chi connectivity index (χ4v) is 2.73. The van der Waals surface area contributed by atoms with E-state index in [0.29, 0.717) is 11.3 Å². The number of aryl methyl sites for hydroxylation is 2. The lowest BCUT2D eigenvalue weighted by molar-refractivity contribution is -0.125. The number of amides is 1. The normalized spacial score (nSPS) is 11.5. The predicted octanol–water partition coefficient (Wildman–Crippen LogP) is 4.98. The van der Waals surface area contributed by atoms with Crippen LogP contribution in [0.25, 0.3) is 0 Å². The first kappa shape index (κ1) is 19.3. The zero-order valence-corrected chi connectivity index (χ0v) is 15.6. The van der Waals surface area contributed by atoms with Gasteiger partial charge in [-0.3, -0.25) is 4.79 Å². The highest BCUT2D eigenvalue weighted by molar-refractivity contribution is 5.98. The molecule has 3 rings (SSSR count). The summed E-state index contributed by atoms with van der Waals surface area (Å²) in [5.41, 5.74) is 3.27. The summed E-state index contributed by atoms with van der Waals surface area (Å²) >= 11 is 0. The molecule has 4 nitrogen and oxygen atoms in total. The second-order valence-corrected chi connectivity index (χ2v) is 6.51. The molecule has 0 fully saturated rings. The van der Waals surface area contributed by atoms with Crippen LogP contribution in [0, 0.1) is 19.7 Å². The van der Waals surface area contributed by atoms with Gasteiger partial charge in [-0.25, -0.2) is 9.18 Å². The van der Waals surface area contributed by atoms with Crippen molar-refractivity contribution in [3.05, 3.63) is 101 Å². The van der Waals surface area contributed by atoms with Crippen molar-refractivity contribution in [2.24, 2.45) is 0 Å². The summed E-state index contributed by atoms with van der Waals surface area (Å²) < 4.78 is 18.6. The molecule has 0 bridgehead atoms. The molecule has 0 aliphatic carbocycles. The zero-order chi connectivity index (χ0) is 20.1. The molecule has 0 aromatic heterocycles. The average molecular weight is 377 g/mol. The highest BCUT2D eigenvalue weighted by Gasteiger charge is 2.26. The molecule has 0 saturated carbocycles. The minimum atomic E-state index is -1.14. The molecule has 142 valence electrons. The molecule has 1 unspecified atom stereocenters. The highest BCUT2D eigenvalue weighted by Crippen LogP contribution is 2.24. The second-order valence-electron chi connectivity index (χ2n) is 6.51. The smallest absolute Gasteiger partial charge is 0.339 e. The molecule has 0 aliphatic heterocycles. The number of anilines is 1. The molecule has 3 aromatic carbocycles. The van der Waals surface area contributed by atoms with Crippen LogP contribution in [-0.4, -0.2) is 11.9 Å². The van der Waals surface area contributed by atoms with Crippen LogP contribution in [0.1, 0.15) is 33.2 Å².